The summed E-state index contributed by atoms with van der Waals surface area (Å²) >= 11 is 1.16. The second kappa shape index (κ2) is 5.44. The Hall–Kier alpha value is -1.18. The van der Waals surface area contributed by atoms with Gasteiger partial charge in [-0.25, -0.2) is 9.78 Å². The van der Waals surface area contributed by atoms with E-state index >= 15 is 0 Å². The molecule has 1 aromatic rings. The number of hydrogen-bond acceptors (Lipinski definition) is 6. The zero-order chi connectivity index (χ0) is 13.2. The molecule has 1 aromatic heterocycles. The quantitative estimate of drug-likeness (QED) is 0.862. The zero-order valence-electron chi connectivity index (χ0n) is 10.5. The van der Waals surface area contributed by atoms with Crippen LogP contribution >= 0.6 is 11.3 Å². The van der Waals surface area contributed by atoms with Gasteiger partial charge < -0.3 is 15.2 Å². The van der Waals surface area contributed by atoms with Crippen LogP contribution in [-0.4, -0.2) is 59.3 Å². The van der Waals surface area contributed by atoms with Crippen molar-refractivity contribution < 1.29 is 14.6 Å². The number of fused-ring (bicyclic) bond motifs is 1. The predicted molar refractivity (Wildman–Crippen MR) is 71.9 cm³/mol. The molecule has 7 heteroatoms. The Labute approximate surface area is 115 Å². The third-order valence-electron chi connectivity index (χ3n) is 3.66. The highest BCUT2D eigenvalue weighted by Crippen LogP contribution is 2.23. The molecule has 2 fully saturated rings. The van der Waals surface area contributed by atoms with Crippen LogP contribution in [0.5, 0.6) is 0 Å². The first-order chi connectivity index (χ1) is 9.22. The lowest BCUT2D eigenvalue weighted by Crippen LogP contribution is -2.48. The minimum atomic E-state index is -0.931. The van der Waals surface area contributed by atoms with Gasteiger partial charge in [0.05, 0.1) is 18.9 Å². The molecule has 2 unspecified atom stereocenters. The Balaban J connectivity index is 1.50. The van der Waals surface area contributed by atoms with E-state index in [0.29, 0.717) is 17.7 Å². The zero-order valence-corrected chi connectivity index (χ0v) is 11.4. The van der Waals surface area contributed by atoms with Gasteiger partial charge in [-0.05, 0) is 19.4 Å². The van der Waals surface area contributed by atoms with Crippen LogP contribution in [0.4, 0.5) is 5.13 Å². The second-order valence-corrected chi connectivity index (χ2v) is 5.99. The monoisotopic (exact) mass is 283 g/mol. The standard InChI is InChI=1S/C12H17N3O3S/c16-11(17)10-5-14-12(19-10)13-4-9-6-15-3-1-2-8(15)7-18-9/h5,8-9H,1-4,6-7H2,(H,13,14)(H,16,17). The lowest BCUT2D eigenvalue weighted by atomic mass is 10.2. The predicted octanol–water partition coefficient (Wildman–Crippen LogP) is 1.12. The molecule has 104 valence electrons. The number of carboxylic acids is 1. The SMILES string of the molecule is O=C(O)c1cnc(NCC2CN3CCCC3CO2)s1. The normalized spacial score (nSPS) is 27.2. The van der Waals surface area contributed by atoms with Gasteiger partial charge in [-0.3, -0.25) is 4.90 Å². The second-order valence-electron chi connectivity index (χ2n) is 4.96. The van der Waals surface area contributed by atoms with Gasteiger partial charge in [0.2, 0.25) is 0 Å². The average Bonchev–Trinajstić information content (AvgIpc) is 3.04. The first-order valence-corrected chi connectivity index (χ1v) is 7.32. The maximum absolute atomic E-state index is 10.8. The fraction of sp³-hybridized carbons (Fsp3) is 0.667. The highest BCUT2D eigenvalue weighted by atomic mass is 32.1. The van der Waals surface area contributed by atoms with Gasteiger partial charge >= 0.3 is 5.97 Å². The molecule has 2 aliphatic rings. The molecule has 2 N–H and O–H groups in total. The van der Waals surface area contributed by atoms with Crippen LogP contribution in [0.3, 0.4) is 0 Å². The van der Waals surface area contributed by atoms with Crippen molar-refractivity contribution in [3.63, 3.8) is 0 Å². The first kappa shape index (κ1) is 12.8. The molecule has 0 amide bonds. The Morgan fingerprint density at radius 2 is 2.58 bits per heavy atom. The van der Waals surface area contributed by atoms with Crippen LogP contribution in [0.15, 0.2) is 6.20 Å². The Morgan fingerprint density at radius 1 is 1.68 bits per heavy atom. The van der Waals surface area contributed by atoms with E-state index in [1.807, 2.05) is 0 Å². The number of carbonyl (C=O) groups is 1. The van der Waals surface area contributed by atoms with E-state index in [0.717, 1.165) is 24.5 Å². The van der Waals surface area contributed by atoms with Crippen molar-refractivity contribution in [3.05, 3.63) is 11.1 Å². The summed E-state index contributed by atoms with van der Waals surface area (Å²) in [5, 5.41) is 12.6. The van der Waals surface area contributed by atoms with Crippen molar-refractivity contribution in [2.24, 2.45) is 0 Å². The van der Waals surface area contributed by atoms with Crippen LogP contribution < -0.4 is 5.32 Å². The lowest BCUT2D eigenvalue weighted by molar-refractivity contribution is -0.0415. The van der Waals surface area contributed by atoms with E-state index in [1.54, 1.807) is 0 Å². The molecule has 2 saturated heterocycles. The largest absolute Gasteiger partial charge is 0.477 e. The third-order valence-corrected chi connectivity index (χ3v) is 4.60. The number of ether oxygens (including phenoxy) is 1. The number of hydrogen-bond donors (Lipinski definition) is 2. The number of aromatic nitrogens is 1. The van der Waals surface area contributed by atoms with Gasteiger partial charge in [-0.15, -0.1) is 0 Å². The number of aromatic carboxylic acids is 1. The summed E-state index contributed by atoms with van der Waals surface area (Å²) in [5.41, 5.74) is 0. The number of rotatable bonds is 4. The van der Waals surface area contributed by atoms with Crippen LogP contribution in [0, 0.1) is 0 Å². The van der Waals surface area contributed by atoms with Gasteiger partial charge in [-0.1, -0.05) is 11.3 Å². The molecule has 0 bridgehead atoms. The van der Waals surface area contributed by atoms with Gasteiger partial charge in [0.15, 0.2) is 5.13 Å². The Bertz CT molecular complexity index is 465. The molecule has 2 aliphatic heterocycles. The number of morpholine rings is 1. The number of nitrogens with zero attached hydrogens (tertiary/aromatic N) is 2. The van der Waals surface area contributed by atoms with Crippen LogP contribution in [-0.2, 0) is 4.74 Å². The molecule has 0 aliphatic carbocycles. The minimum Gasteiger partial charge on any atom is -0.477 e. The first-order valence-electron chi connectivity index (χ1n) is 6.51. The molecule has 2 atom stereocenters. The van der Waals surface area contributed by atoms with Crippen molar-refractivity contribution in [2.75, 3.05) is 31.6 Å². The van der Waals surface area contributed by atoms with E-state index in [-0.39, 0.29) is 11.0 Å². The van der Waals surface area contributed by atoms with E-state index in [4.69, 9.17) is 9.84 Å². The number of carboxylic acid groups (broad SMARTS) is 1. The van der Waals surface area contributed by atoms with Gasteiger partial charge in [0, 0.05) is 19.1 Å². The number of nitrogens with one attached hydrogen (secondary N) is 1. The Kier molecular flexibility index (Phi) is 3.67. The smallest absolute Gasteiger partial charge is 0.347 e. The van der Waals surface area contributed by atoms with E-state index in [9.17, 15) is 4.79 Å². The topological polar surface area (TPSA) is 74.7 Å². The van der Waals surface area contributed by atoms with Crippen LogP contribution in [0.2, 0.25) is 0 Å². The lowest BCUT2D eigenvalue weighted by Gasteiger charge is -2.35. The summed E-state index contributed by atoms with van der Waals surface area (Å²) < 4.78 is 5.82. The van der Waals surface area contributed by atoms with Gasteiger partial charge in [-0.2, -0.15) is 0 Å². The number of anilines is 1. The molecule has 0 radical (unpaired) electrons. The summed E-state index contributed by atoms with van der Waals surface area (Å²) in [4.78, 5) is 17.5. The maximum Gasteiger partial charge on any atom is 0.347 e. The molecular weight excluding hydrogens is 266 g/mol. The van der Waals surface area contributed by atoms with Gasteiger partial charge in [0.25, 0.3) is 0 Å². The van der Waals surface area contributed by atoms with E-state index in [2.05, 4.69) is 15.2 Å². The van der Waals surface area contributed by atoms with E-state index in [1.165, 1.54) is 25.6 Å². The summed E-state index contributed by atoms with van der Waals surface area (Å²) in [6, 6.07) is 0.606. The molecule has 0 spiro atoms. The summed E-state index contributed by atoms with van der Waals surface area (Å²) in [6.07, 6.45) is 4.05. The van der Waals surface area contributed by atoms with Crippen LogP contribution in [0.1, 0.15) is 22.5 Å². The average molecular weight is 283 g/mol. The van der Waals surface area contributed by atoms with Crippen molar-refractivity contribution >= 4 is 22.4 Å². The minimum absolute atomic E-state index is 0.159. The summed E-state index contributed by atoms with van der Waals surface area (Å²) in [7, 11) is 0. The molecule has 19 heavy (non-hydrogen) atoms. The summed E-state index contributed by atoms with van der Waals surface area (Å²) in [6.45, 7) is 3.61. The third kappa shape index (κ3) is 2.88. The van der Waals surface area contributed by atoms with E-state index < -0.39 is 5.97 Å². The highest BCUT2D eigenvalue weighted by Gasteiger charge is 2.32. The molecular formula is C12H17N3O3S. The Morgan fingerprint density at radius 3 is 3.37 bits per heavy atom. The van der Waals surface area contributed by atoms with Crippen molar-refractivity contribution in [1.29, 1.82) is 0 Å². The molecule has 0 aromatic carbocycles. The molecule has 6 nitrogen and oxygen atoms in total. The molecule has 0 saturated carbocycles. The highest BCUT2D eigenvalue weighted by molar-refractivity contribution is 7.17. The fourth-order valence-corrected chi connectivity index (χ4v) is 3.33. The molecule has 3 rings (SSSR count). The molecule has 3 heterocycles. The van der Waals surface area contributed by atoms with Crippen molar-refractivity contribution in [2.45, 2.75) is 25.0 Å². The number of thiazole rings is 1. The van der Waals surface area contributed by atoms with Crippen molar-refractivity contribution in [1.82, 2.24) is 9.88 Å². The summed E-state index contributed by atoms with van der Waals surface area (Å²) in [5.74, 6) is -0.931. The van der Waals surface area contributed by atoms with Crippen molar-refractivity contribution in [3.8, 4) is 0 Å². The maximum atomic E-state index is 10.8. The van der Waals surface area contributed by atoms with Crippen LogP contribution in [0.25, 0.3) is 0 Å². The van der Waals surface area contributed by atoms with Gasteiger partial charge in [0.1, 0.15) is 4.88 Å². The fourth-order valence-electron chi connectivity index (χ4n) is 2.67.